The zero-order valence-electron chi connectivity index (χ0n) is 10.9. The van der Waals surface area contributed by atoms with E-state index in [9.17, 15) is 0 Å². The fourth-order valence-corrected chi connectivity index (χ4v) is 2.99. The van der Waals surface area contributed by atoms with Crippen molar-refractivity contribution >= 4 is 0 Å². The SMILES string of the molecule is CC1CCC(N(C)CCN2CCNCC2)C1. The van der Waals surface area contributed by atoms with Gasteiger partial charge in [-0.2, -0.15) is 0 Å². The van der Waals surface area contributed by atoms with Crippen LogP contribution in [-0.2, 0) is 0 Å². The summed E-state index contributed by atoms with van der Waals surface area (Å²) in [5.41, 5.74) is 0. The zero-order valence-corrected chi connectivity index (χ0v) is 10.9. The van der Waals surface area contributed by atoms with E-state index in [1.807, 2.05) is 0 Å². The Labute approximate surface area is 100 Å². The summed E-state index contributed by atoms with van der Waals surface area (Å²) in [5, 5.41) is 3.41. The van der Waals surface area contributed by atoms with E-state index in [4.69, 9.17) is 0 Å². The molecule has 0 radical (unpaired) electrons. The van der Waals surface area contributed by atoms with Gasteiger partial charge in [0.25, 0.3) is 0 Å². The average molecular weight is 225 g/mol. The highest BCUT2D eigenvalue weighted by Gasteiger charge is 2.24. The second kappa shape index (κ2) is 5.99. The van der Waals surface area contributed by atoms with Crippen molar-refractivity contribution in [2.45, 2.75) is 32.2 Å². The Kier molecular flexibility index (Phi) is 4.62. The maximum Gasteiger partial charge on any atom is 0.0110 e. The van der Waals surface area contributed by atoms with Crippen molar-refractivity contribution in [3.63, 3.8) is 0 Å². The molecule has 2 rings (SSSR count). The van der Waals surface area contributed by atoms with Crippen LogP contribution in [0.1, 0.15) is 26.2 Å². The molecule has 0 aromatic heterocycles. The molecular formula is C13H27N3. The van der Waals surface area contributed by atoms with Crippen molar-refractivity contribution in [1.29, 1.82) is 0 Å². The largest absolute Gasteiger partial charge is 0.314 e. The van der Waals surface area contributed by atoms with Gasteiger partial charge in [0.2, 0.25) is 0 Å². The minimum atomic E-state index is 0.859. The maximum atomic E-state index is 3.41. The van der Waals surface area contributed by atoms with Gasteiger partial charge in [-0.15, -0.1) is 0 Å². The van der Waals surface area contributed by atoms with E-state index in [1.165, 1.54) is 58.5 Å². The molecule has 1 saturated heterocycles. The Balaban J connectivity index is 1.64. The molecule has 0 spiro atoms. The van der Waals surface area contributed by atoms with Crippen LogP contribution in [0.25, 0.3) is 0 Å². The van der Waals surface area contributed by atoms with Gasteiger partial charge >= 0.3 is 0 Å². The van der Waals surface area contributed by atoms with Gasteiger partial charge in [-0.1, -0.05) is 6.92 Å². The van der Waals surface area contributed by atoms with Gasteiger partial charge in [-0.05, 0) is 32.2 Å². The average Bonchev–Trinajstić information content (AvgIpc) is 2.74. The first-order valence-corrected chi connectivity index (χ1v) is 6.89. The van der Waals surface area contributed by atoms with Crippen LogP contribution < -0.4 is 5.32 Å². The maximum absolute atomic E-state index is 3.41. The highest BCUT2D eigenvalue weighted by atomic mass is 15.2. The normalized spacial score (nSPS) is 32.4. The van der Waals surface area contributed by atoms with Crippen LogP contribution in [0.15, 0.2) is 0 Å². The molecule has 3 nitrogen and oxygen atoms in total. The van der Waals surface area contributed by atoms with E-state index < -0.39 is 0 Å². The highest BCUT2D eigenvalue weighted by molar-refractivity contribution is 4.80. The van der Waals surface area contributed by atoms with Crippen LogP contribution >= 0.6 is 0 Å². The Morgan fingerprint density at radius 2 is 2.00 bits per heavy atom. The molecular weight excluding hydrogens is 198 g/mol. The second-order valence-electron chi connectivity index (χ2n) is 5.64. The van der Waals surface area contributed by atoms with Crippen LogP contribution in [0.3, 0.4) is 0 Å². The third-order valence-corrected chi connectivity index (χ3v) is 4.27. The highest BCUT2D eigenvalue weighted by Crippen LogP contribution is 2.27. The van der Waals surface area contributed by atoms with Crippen molar-refractivity contribution in [1.82, 2.24) is 15.1 Å². The fourth-order valence-electron chi connectivity index (χ4n) is 2.99. The summed E-state index contributed by atoms with van der Waals surface area (Å²) >= 11 is 0. The third-order valence-electron chi connectivity index (χ3n) is 4.27. The van der Waals surface area contributed by atoms with Gasteiger partial charge in [0.05, 0.1) is 0 Å². The lowest BCUT2D eigenvalue weighted by Gasteiger charge is -2.31. The predicted molar refractivity (Wildman–Crippen MR) is 68.7 cm³/mol. The molecule has 2 aliphatic rings. The van der Waals surface area contributed by atoms with Crippen LogP contribution in [0.4, 0.5) is 0 Å². The van der Waals surface area contributed by atoms with E-state index in [0.717, 1.165) is 12.0 Å². The molecule has 3 heteroatoms. The van der Waals surface area contributed by atoms with Gasteiger partial charge in [0.15, 0.2) is 0 Å². The number of nitrogens with one attached hydrogen (secondary N) is 1. The number of likely N-dealkylation sites (N-methyl/N-ethyl adjacent to an activating group) is 1. The summed E-state index contributed by atoms with van der Waals surface area (Å²) in [5.74, 6) is 0.951. The van der Waals surface area contributed by atoms with E-state index in [0.29, 0.717) is 0 Å². The van der Waals surface area contributed by atoms with Gasteiger partial charge in [0.1, 0.15) is 0 Å². The zero-order chi connectivity index (χ0) is 11.4. The number of piperazine rings is 1. The van der Waals surface area contributed by atoms with Gasteiger partial charge in [-0.25, -0.2) is 0 Å². The molecule has 0 bridgehead atoms. The lowest BCUT2D eigenvalue weighted by atomic mass is 10.1. The smallest absolute Gasteiger partial charge is 0.0110 e. The molecule has 94 valence electrons. The van der Waals surface area contributed by atoms with Crippen molar-refractivity contribution in [3.8, 4) is 0 Å². The number of nitrogens with zero attached hydrogens (tertiary/aromatic N) is 2. The third kappa shape index (κ3) is 3.44. The van der Waals surface area contributed by atoms with Crippen LogP contribution in [0.5, 0.6) is 0 Å². The molecule has 2 unspecified atom stereocenters. The quantitative estimate of drug-likeness (QED) is 0.770. The van der Waals surface area contributed by atoms with Crippen molar-refractivity contribution < 1.29 is 0 Å². The predicted octanol–water partition coefficient (Wildman–Crippen LogP) is 1.01. The molecule has 1 saturated carbocycles. The second-order valence-corrected chi connectivity index (χ2v) is 5.64. The minimum Gasteiger partial charge on any atom is -0.314 e. The number of hydrogen-bond donors (Lipinski definition) is 1. The van der Waals surface area contributed by atoms with Gasteiger partial charge < -0.3 is 10.2 Å². The Hall–Kier alpha value is -0.120. The van der Waals surface area contributed by atoms with Crippen molar-refractivity contribution in [2.75, 3.05) is 46.3 Å². The Bertz CT molecular complexity index is 201. The Morgan fingerprint density at radius 1 is 1.25 bits per heavy atom. The summed E-state index contributed by atoms with van der Waals surface area (Å²) in [6.07, 6.45) is 4.26. The molecule has 16 heavy (non-hydrogen) atoms. The van der Waals surface area contributed by atoms with Gasteiger partial charge in [-0.3, -0.25) is 4.90 Å². The lowest BCUT2D eigenvalue weighted by molar-refractivity contribution is 0.176. The molecule has 2 fully saturated rings. The van der Waals surface area contributed by atoms with Crippen molar-refractivity contribution in [3.05, 3.63) is 0 Å². The first kappa shape index (κ1) is 12.3. The first-order valence-electron chi connectivity index (χ1n) is 6.89. The van der Waals surface area contributed by atoms with Crippen molar-refractivity contribution in [2.24, 2.45) is 5.92 Å². The van der Waals surface area contributed by atoms with E-state index in [-0.39, 0.29) is 0 Å². The summed E-state index contributed by atoms with van der Waals surface area (Å²) in [6.45, 7) is 9.70. The molecule has 0 aromatic rings. The topological polar surface area (TPSA) is 18.5 Å². The number of rotatable bonds is 4. The molecule has 2 atom stereocenters. The first-order chi connectivity index (χ1) is 7.75. The fraction of sp³-hybridized carbons (Fsp3) is 1.00. The summed E-state index contributed by atoms with van der Waals surface area (Å²) in [4.78, 5) is 5.18. The lowest BCUT2D eigenvalue weighted by Crippen LogP contribution is -2.46. The monoisotopic (exact) mass is 225 g/mol. The summed E-state index contributed by atoms with van der Waals surface area (Å²) < 4.78 is 0. The minimum absolute atomic E-state index is 0.859. The van der Waals surface area contributed by atoms with Gasteiger partial charge in [0, 0.05) is 45.3 Å². The Morgan fingerprint density at radius 3 is 2.62 bits per heavy atom. The molecule has 0 amide bonds. The summed E-state index contributed by atoms with van der Waals surface area (Å²) in [6, 6.07) is 0.859. The molecule has 1 N–H and O–H groups in total. The molecule has 1 aliphatic carbocycles. The van der Waals surface area contributed by atoms with E-state index in [2.05, 4.69) is 29.1 Å². The van der Waals surface area contributed by atoms with E-state index >= 15 is 0 Å². The van der Waals surface area contributed by atoms with Crippen LogP contribution in [0, 0.1) is 5.92 Å². The van der Waals surface area contributed by atoms with Crippen LogP contribution in [0.2, 0.25) is 0 Å². The number of hydrogen-bond acceptors (Lipinski definition) is 3. The standard InChI is InChI=1S/C13H27N3/c1-12-3-4-13(11-12)15(2)9-10-16-7-5-14-6-8-16/h12-14H,3-11H2,1-2H3. The van der Waals surface area contributed by atoms with E-state index in [1.54, 1.807) is 0 Å². The molecule has 0 aromatic carbocycles. The molecule has 1 aliphatic heterocycles. The summed E-state index contributed by atoms with van der Waals surface area (Å²) in [7, 11) is 2.31. The molecule has 1 heterocycles. The van der Waals surface area contributed by atoms with Crippen LogP contribution in [-0.4, -0.2) is 62.2 Å².